The molecule has 0 radical (unpaired) electrons. The predicted octanol–water partition coefficient (Wildman–Crippen LogP) is 1.72. The molecule has 1 atom stereocenters. The van der Waals surface area contributed by atoms with Crippen LogP contribution in [0.15, 0.2) is 24.4 Å². The van der Waals surface area contributed by atoms with Crippen molar-refractivity contribution in [3.63, 3.8) is 0 Å². The molecule has 1 aliphatic heterocycles. The van der Waals surface area contributed by atoms with Gasteiger partial charge in [0.2, 0.25) is 5.91 Å². The number of H-pyrrole nitrogens is 1. The number of nitrogens with one attached hydrogen (secondary N) is 2. The van der Waals surface area contributed by atoms with Gasteiger partial charge in [-0.1, -0.05) is 18.2 Å². The highest BCUT2D eigenvalue weighted by Crippen LogP contribution is 2.21. The normalized spacial score (nSPS) is 17.2. The number of benzene rings is 1. The molecule has 1 saturated heterocycles. The zero-order valence-corrected chi connectivity index (χ0v) is 12.9. The fourth-order valence-corrected chi connectivity index (χ4v) is 3.05. The van der Waals surface area contributed by atoms with Crippen molar-refractivity contribution in [1.82, 2.24) is 15.2 Å². The Morgan fingerprint density at radius 1 is 1.48 bits per heavy atom. The first-order chi connectivity index (χ1) is 11.1. The summed E-state index contributed by atoms with van der Waals surface area (Å²) < 4.78 is 0. The average molecular weight is 310 g/mol. The Morgan fingerprint density at radius 2 is 2.30 bits per heavy atom. The van der Waals surface area contributed by atoms with Gasteiger partial charge in [0.15, 0.2) is 0 Å². The lowest BCUT2D eigenvalue weighted by Gasteiger charge is -2.19. The van der Waals surface area contributed by atoms with Gasteiger partial charge in [0.05, 0.1) is 18.2 Å². The maximum atomic E-state index is 12.3. The largest absolute Gasteiger partial charge is 0.360 e. The van der Waals surface area contributed by atoms with Gasteiger partial charge in [-0.25, -0.2) is 0 Å². The minimum Gasteiger partial charge on any atom is -0.360 e. The van der Waals surface area contributed by atoms with E-state index in [4.69, 9.17) is 5.26 Å². The number of hydrogen-bond donors (Lipinski definition) is 2. The number of hydrogen-bond acceptors (Lipinski definition) is 3. The van der Waals surface area contributed by atoms with Crippen LogP contribution >= 0.6 is 0 Å². The summed E-state index contributed by atoms with van der Waals surface area (Å²) in [5.74, 6) is -0.499. The number of amides is 2. The van der Waals surface area contributed by atoms with E-state index in [1.54, 1.807) is 11.1 Å². The van der Waals surface area contributed by atoms with Crippen LogP contribution in [0.4, 0.5) is 0 Å². The van der Waals surface area contributed by atoms with Crippen molar-refractivity contribution in [3.05, 3.63) is 35.5 Å². The first-order valence-electron chi connectivity index (χ1n) is 7.66. The number of nitriles is 1. The molecular weight excluding hydrogens is 292 g/mol. The van der Waals surface area contributed by atoms with E-state index < -0.39 is 0 Å². The maximum absolute atomic E-state index is 12.3. The van der Waals surface area contributed by atoms with Gasteiger partial charge in [-0.15, -0.1) is 0 Å². The summed E-state index contributed by atoms with van der Waals surface area (Å²) in [5.41, 5.74) is 2.51. The number of para-hydroxylation sites is 1. The Morgan fingerprint density at radius 3 is 3.09 bits per heavy atom. The van der Waals surface area contributed by atoms with Crippen molar-refractivity contribution in [2.24, 2.45) is 0 Å². The third-order valence-corrected chi connectivity index (χ3v) is 4.29. The lowest BCUT2D eigenvalue weighted by Crippen LogP contribution is -2.42. The summed E-state index contributed by atoms with van der Waals surface area (Å²) in [7, 11) is 0. The molecule has 1 fully saturated rings. The first kappa shape index (κ1) is 15.1. The van der Waals surface area contributed by atoms with Crippen molar-refractivity contribution in [2.45, 2.75) is 25.8 Å². The monoisotopic (exact) mass is 310 g/mol. The molecule has 1 aromatic carbocycles. The lowest BCUT2D eigenvalue weighted by atomic mass is 10.1. The highest BCUT2D eigenvalue weighted by Gasteiger charge is 2.28. The molecule has 2 heterocycles. The van der Waals surface area contributed by atoms with Crippen molar-refractivity contribution < 1.29 is 9.59 Å². The van der Waals surface area contributed by atoms with Crippen molar-refractivity contribution in [3.8, 4) is 6.07 Å². The Balaban J connectivity index is 1.68. The SMILES string of the molecule is Cc1cccc2c(C(=O)NCC(=O)N3CCC[C@H]3C#N)c[nH]c12. The highest BCUT2D eigenvalue weighted by molar-refractivity contribution is 6.08. The van der Waals surface area contributed by atoms with E-state index in [0.717, 1.165) is 22.9 Å². The molecule has 6 heteroatoms. The van der Waals surface area contributed by atoms with E-state index in [9.17, 15) is 9.59 Å². The van der Waals surface area contributed by atoms with Crippen LogP contribution in [-0.4, -0.2) is 40.8 Å². The summed E-state index contributed by atoms with van der Waals surface area (Å²) in [6.07, 6.45) is 3.20. The van der Waals surface area contributed by atoms with Gasteiger partial charge in [-0.05, 0) is 25.3 Å². The number of rotatable bonds is 3. The van der Waals surface area contributed by atoms with E-state index in [0.29, 0.717) is 18.5 Å². The number of carbonyl (C=O) groups is 2. The number of aryl methyl sites for hydroxylation is 1. The molecule has 2 amide bonds. The van der Waals surface area contributed by atoms with Gasteiger partial charge in [0.25, 0.3) is 5.91 Å². The molecule has 23 heavy (non-hydrogen) atoms. The zero-order chi connectivity index (χ0) is 16.4. The van der Waals surface area contributed by atoms with E-state index in [-0.39, 0.29) is 24.4 Å². The zero-order valence-electron chi connectivity index (χ0n) is 12.9. The molecule has 0 bridgehead atoms. The van der Waals surface area contributed by atoms with Crippen LogP contribution < -0.4 is 5.32 Å². The summed E-state index contributed by atoms with van der Waals surface area (Å²) in [4.78, 5) is 29.1. The third kappa shape index (κ3) is 2.78. The second-order valence-electron chi connectivity index (χ2n) is 5.76. The van der Waals surface area contributed by atoms with Gasteiger partial charge < -0.3 is 15.2 Å². The van der Waals surface area contributed by atoms with Crippen LogP contribution in [0.1, 0.15) is 28.8 Å². The Hall–Kier alpha value is -2.81. The molecule has 0 unspecified atom stereocenters. The molecule has 2 N–H and O–H groups in total. The Bertz CT molecular complexity index is 803. The molecule has 6 nitrogen and oxygen atoms in total. The van der Waals surface area contributed by atoms with E-state index in [1.807, 2.05) is 25.1 Å². The molecular formula is C17H18N4O2. The molecule has 118 valence electrons. The molecule has 0 saturated carbocycles. The summed E-state index contributed by atoms with van der Waals surface area (Å²) in [6.45, 7) is 2.47. The molecule has 0 aliphatic carbocycles. The summed E-state index contributed by atoms with van der Waals surface area (Å²) in [6, 6.07) is 7.51. The highest BCUT2D eigenvalue weighted by atomic mass is 16.2. The van der Waals surface area contributed by atoms with E-state index in [1.165, 1.54) is 0 Å². The fraction of sp³-hybridized carbons (Fsp3) is 0.353. The van der Waals surface area contributed by atoms with Crippen molar-refractivity contribution in [2.75, 3.05) is 13.1 Å². The molecule has 1 aromatic heterocycles. The summed E-state index contributed by atoms with van der Waals surface area (Å²) >= 11 is 0. The van der Waals surface area contributed by atoms with Crippen LogP contribution in [0.25, 0.3) is 10.9 Å². The van der Waals surface area contributed by atoms with Gasteiger partial charge in [0, 0.05) is 23.6 Å². The first-order valence-corrected chi connectivity index (χ1v) is 7.66. The number of fused-ring (bicyclic) bond motifs is 1. The number of aromatic amines is 1. The van der Waals surface area contributed by atoms with Crippen LogP contribution in [0.5, 0.6) is 0 Å². The quantitative estimate of drug-likeness (QED) is 0.904. The van der Waals surface area contributed by atoms with E-state index in [2.05, 4.69) is 16.4 Å². The molecule has 2 aromatic rings. The fourth-order valence-electron chi connectivity index (χ4n) is 3.05. The van der Waals surface area contributed by atoms with Gasteiger partial charge in [-0.3, -0.25) is 9.59 Å². The number of likely N-dealkylation sites (tertiary alicyclic amines) is 1. The van der Waals surface area contributed by atoms with Crippen molar-refractivity contribution >= 4 is 22.7 Å². The second-order valence-corrected chi connectivity index (χ2v) is 5.76. The Labute approximate surface area is 134 Å². The van der Waals surface area contributed by atoms with Crippen LogP contribution in [-0.2, 0) is 4.79 Å². The number of aromatic nitrogens is 1. The van der Waals surface area contributed by atoms with E-state index >= 15 is 0 Å². The maximum Gasteiger partial charge on any atom is 0.253 e. The second kappa shape index (κ2) is 6.13. The molecule has 1 aliphatic rings. The predicted molar refractivity (Wildman–Crippen MR) is 85.7 cm³/mol. The smallest absolute Gasteiger partial charge is 0.253 e. The molecule has 3 rings (SSSR count). The van der Waals surface area contributed by atoms with Gasteiger partial charge in [0.1, 0.15) is 6.04 Å². The third-order valence-electron chi connectivity index (χ3n) is 4.29. The van der Waals surface area contributed by atoms with Crippen LogP contribution in [0.2, 0.25) is 0 Å². The average Bonchev–Trinajstić information content (AvgIpc) is 3.19. The van der Waals surface area contributed by atoms with Crippen LogP contribution in [0, 0.1) is 18.3 Å². The van der Waals surface area contributed by atoms with Crippen LogP contribution in [0.3, 0.4) is 0 Å². The molecule has 0 spiro atoms. The summed E-state index contributed by atoms with van der Waals surface area (Å²) in [5, 5.41) is 12.5. The minimum atomic E-state index is -0.366. The number of carbonyl (C=O) groups excluding carboxylic acids is 2. The Kier molecular flexibility index (Phi) is 4.02. The minimum absolute atomic E-state index is 0.0878. The van der Waals surface area contributed by atoms with Gasteiger partial charge >= 0.3 is 0 Å². The standard InChI is InChI=1S/C17H18N4O2/c1-11-4-2-6-13-14(9-19-16(11)13)17(23)20-10-15(22)21-7-3-5-12(21)8-18/h2,4,6,9,12,19H,3,5,7,10H2,1H3,(H,20,23)/t12-/m0/s1. The number of nitrogens with zero attached hydrogens (tertiary/aromatic N) is 2. The topological polar surface area (TPSA) is 89.0 Å². The lowest BCUT2D eigenvalue weighted by molar-refractivity contribution is -0.130. The van der Waals surface area contributed by atoms with Crippen molar-refractivity contribution in [1.29, 1.82) is 5.26 Å². The van der Waals surface area contributed by atoms with Gasteiger partial charge in [-0.2, -0.15) is 5.26 Å².